The predicted octanol–water partition coefficient (Wildman–Crippen LogP) is 2.22. The van der Waals surface area contributed by atoms with E-state index in [0.29, 0.717) is 24.2 Å². The van der Waals surface area contributed by atoms with Crippen LogP contribution in [0.1, 0.15) is 42.7 Å². The summed E-state index contributed by atoms with van der Waals surface area (Å²) in [4.78, 5) is 4.29. The van der Waals surface area contributed by atoms with Crippen LogP contribution in [0.25, 0.3) is 0 Å². The summed E-state index contributed by atoms with van der Waals surface area (Å²) in [5.41, 5.74) is 8.11. The Morgan fingerprint density at radius 1 is 1.29 bits per heavy atom. The Morgan fingerprint density at radius 3 is 2.53 bits per heavy atom. The highest BCUT2D eigenvalue weighted by atomic mass is 16.5. The SMILES string of the molecule is COc1cc(C2CCCC2)c(CN)c(OC)n1. The topological polar surface area (TPSA) is 57.4 Å². The molecule has 0 aromatic carbocycles. The van der Waals surface area contributed by atoms with Gasteiger partial charge < -0.3 is 15.2 Å². The quantitative estimate of drug-likeness (QED) is 0.870. The van der Waals surface area contributed by atoms with Crippen LogP contribution >= 0.6 is 0 Å². The van der Waals surface area contributed by atoms with Crippen LogP contribution in [0.15, 0.2) is 6.07 Å². The first-order chi connectivity index (χ1) is 8.30. The molecule has 0 aliphatic heterocycles. The zero-order chi connectivity index (χ0) is 12.3. The number of nitrogens with two attached hydrogens (primary N) is 1. The molecule has 0 unspecified atom stereocenters. The normalized spacial score (nSPS) is 16.2. The Bertz CT molecular complexity index is 387. The fraction of sp³-hybridized carbons (Fsp3) is 0.615. The van der Waals surface area contributed by atoms with Crippen molar-refractivity contribution in [2.24, 2.45) is 5.73 Å². The molecule has 1 fully saturated rings. The number of hydrogen-bond donors (Lipinski definition) is 1. The molecule has 1 heterocycles. The monoisotopic (exact) mass is 236 g/mol. The number of rotatable bonds is 4. The molecule has 0 saturated heterocycles. The maximum Gasteiger partial charge on any atom is 0.221 e. The zero-order valence-corrected chi connectivity index (χ0v) is 10.5. The summed E-state index contributed by atoms with van der Waals surface area (Å²) in [7, 11) is 3.25. The van der Waals surface area contributed by atoms with E-state index >= 15 is 0 Å². The van der Waals surface area contributed by atoms with Crippen molar-refractivity contribution in [3.8, 4) is 11.8 Å². The lowest BCUT2D eigenvalue weighted by Crippen LogP contribution is -2.09. The van der Waals surface area contributed by atoms with Gasteiger partial charge >= 0.3 is 0 Å². The summed E-state index contributed by atoms with van der Waals surface area (Å²) in [5.74, 6) is 1.80. The van der Waals surface area contributed by atoms with E-state index in [1.165, 1.54) is 31.2 Å². The van der Waals surface area contributed by atoms with Crippen LogP contribution < -0.4 is 15.2 Å². The highest BCUT2D eigenvalue weighted by Crippen LogP contribution is 2.39. The highest BCUT2D eigenvalue weighted by molar-refractivity contribution is 5.41. The molecule has 0 bridgehead atoms. The van der Waals surface area contributed by atoms with Gasteiger partial charge in [-0.25, -0.2) is 0 Å². The van der Waals surface area contributed by atoms with Crippen molar-refractivity contribution in [3.63, 3.8) is 0 Å². The summed E-state index contributed by atoms with van der Waals surface area (Å²) < 4.78 is 10.5. The Balaban J connectivity index is 2.45. The first-order valence-electron chi connectivity index (χ1n) is 6.12. The largest absolute Gasteiger partial charge is 0.481 e. The van der Waals surface area contributed by atoms with Crippen molar-refractivity contribution in [1.29, 1.82) is 0 Å². The van der Waals surface area contributed by atoms with Gasteiger partial charge in [0.15, 0.2) is 0 Å². The van der Waals surface area contributed by atoms with Gasteiger partial charge in [0.25, 0.3) is 0 Å². The highest BCUT2D eigenvalue weighted by Gasteiger charge is 2.23. The maximum absolute atomic E-state index is 5.83. The van der Waals surface area contributed by atoms with Crippen LogP contribution in [0, 0.1) is 0 Å². The second-order valence-corrected chi connectivity index (χ2v) is 4.43. The molecule has 0 radical (unpaired) electrons. The Morgan fingerprint density at radius 2 is 2.00 bits per heavy atom. The molecule has 4 heteroatoms. The van der Waals surface area contributed by atoms with Crippen LogP contribution in [0.2, 0.25) is 0 Å². The van der Waals surface area contributed by atoms with Crippen LogP contribution in [-0.4, -0.2) is 19.2 Å². The lowest BCUT2D eigenvalue weighted by molar-refractivity contribution is 0.359. The van der Waals surface area contributed by atoms with Crippen LogP contribution in [-0.2, 0) is 6.54 Å². The van der Waals surface area contributed by atoms with Crippen molar-refractivity contribution in [1.82, 2.24) is 4.98 Å². The Labute approximate surface area is 102 Å². The molecule has 1 saturated carbocycles. The van der Waals surface area contributed by atoms with Crippen molar-refractivity contribution >= 4 is 0 Å². The standard InChI is InChI=1S/C13H20N2O2/c1-16-12-7-10(9-5-3-4-6-9)11(8-14)13(15-12)17-2/h7,9H,3-6,8,14H2,1-2H3. The third kappa shape index (κ3) is 2.36. The molecule has 2 rings (SSSR count). The van der Waals surface area contributed by atoms with Gasteiger partial charge in [-0.1, -0.05) is 12.8 Å². The Hall–Kier alpha value is -1.29. The molecule has 0 amide bonds. The van der Waals surface area contributed by atoms with Crippen LogP contribution in [0.5, 0.6) is 11.8 Å². The minimum absolute atomic E-state index is 0.464. The average molecular weight is 236 g/mol. The molecule has 1 aromatic rings. The minimum atomic E-state index is 0.464. The molecular formula is C13H20N2O2. The molecular weight excluding hydrogens is 216 g/mol. The van der Waals surface area contributed by atoms with E-state index < -0.39 is 0 Å². The summed E-state index contributed by atoms with van der Waals surface area (Å²) >= 11 is 0. The second kappa shape index (κ2) is 5.36. The van der Waals surface area contributed by atoms with E-state index in [-0.39, 0.29) is 0 Å². The number of nitrogens with zero attached hydrogens (tertiary/aromatic N) is 1. The molecule has 1 aliphatic carbocycles. The second-order valence-electron chi connectivity index (χ2n) is 4.43. The smallest absolute Gasteiger partial charge is 0.221 e. The van der Waals surface area contributed by atoms with E-state index in [2.05, 4.69) is 4.98 Å². The first kappa shape index (κ1) is 12.2. The summed E-state index contributed by atoms with van der Waals surface area (Å²) in [6.45, 7) is 0.464. The summed E-state index contributed by atoms with van der Waals surface area (Å²) in [5, 5.41) is 0. The van der Waals surface area contributed by atoms with E-state index in [1.54, 1.807) is 14.2 Å². The van der Waals surface area contributed by atoms with Gasteiger partial charge in [-0.3, -0.25) is 0 Å². The molecule has 17 heavy (non-hydrogen) atoms. The lowest BCUT2D eigenvalue weighted by Gasteiger charge is -2.17. The number of aromatic nitrogens is 1. The zero-order valence-electron chi connectivity index (χ0n) is 10.5. The minimum Gasteiger partial charge on any atom is -0.481 e. The summed E-state index contributed by atoms with van der Waals surface area (Å²) in [6, 6.07) is 2.01. The molecule has 0 atom stereocenters. The maximum atomic E-state index is 5.83. The van der Waals surface area contributed by atoms with E-state index in [9.17, 15) is 0 Å². The first-order valence-corrected chi connectivity index (χ1v) is 6.12. The van der Waals surface area contributed by atoms with Gasteiger partial charge in [0, 0.05) is 18.2 Å². The third-order valence-corrected chi connectivity index (χ3v) is 3.50. The fourth-order valence-corrected chi connectivity index (χ4v) is 2.62. The molecule has 94 valence electrons. The van der Waals surface area contributed by atoms with Gasteiger partial charge in [-0.2, -0.15) is 4.98 Å². The molecule has 1 aliphatic rings. The number of pyridine rings is 1. The van der Waals surface area contributed by atoms with Gasteiger partial charge in [0.1, 0.15) is 0 Å². The molecule has 1 aromatic heterocycles. The third-order valence-electron chi connectivity index (χ3n) is 3.50. The van der Waals surface area contributed by atoms with E-state index in [0.717, 1.165) is 5.56 Å². The van der Waals surface area contributed by atoms with Crippen molar-refractivity contribution in [2.75, 3.05) is 14.2 Å². The fourth-order valence-electron chi connectivity index (χ4n) is 2.62. The molecule has 4 nitrogen and oxygen atoms in total. The molecule has 0 spiro atoms. The van der Waals surface area contributed by atoms with Gasteiger partial charge in [-0.05, 0) is 24.3 Å². The van der Waals surface area contributed by atoms with E-state index in [1.807, 2.05) is 6.07 Å². The molecule has 2 N–H and O–H groups in total. The summed E-state index contributed by atoms with van der Waals surface area (Å²) in [6.07, 6.45) is 5.04. The van der Waals surface area contributed by atoms with Crippen molar-refractivity contribution < 1.29 is 9.47 Å². The van der Waals surface area contributed by atoms with Gasteiger partial charge in [0.05, 0.1) is 14.2 Å². The average Bonchev–Trinajstić information content (AvgIpc) is 2.90. The van der Waals surface area contributed by atoms with Crippen molar-refractivity contribution in [2.45, 2.75) is 38.1 Å². The Kier molecular flexibility index (Phi) is 3.84. The number of methoxy groups -OCH3 is 2. The van der Waals surface area contributed by atoms with E-state index in [4.69, 9.17) is 15.2 Å². The lowest BCUT2D eigenvalue weighted by atomic mass is 9.94. The van der Waals surface area contributed by atoms with Gasteiger partial charge in [-0.15, -0.1) is 0 Å². The van der Waals surface area contributed by atoms with Crippen molar-refractivity contribution in [3.05, 3.63) is 17.2 Å². The van der Waals surface area contributed by atoms with Crippen LogP contribution in [0.3, 0.4) is 0 Å². The van der Waals surface area contributed by atoms with Crippen LogP contribution in [0.4, 0.5) is 0 Å². The number of ether oxygens (including phenoxy) is 2. The number of hydrogen-bond acceptors (Lipinski definition) is 4. The van der Waals surface area contributed by atoms with Gasteiger partial charge in [0.2, 0.25) is 11.8 Å². The predicted molar refractivity (Wildman–Crippen MR) is 66.4 cm³/mol.